The van der Waals surface area contributed by atoms with Crippen molar-refractivity contribution in [2.24, 2.45) is 0 Å². The van der Waals surface area contributed by atoms with E-state index in [2.05, 4.69) is 0 Å². The molecule has 1 saturated heterocycles. The van der Waals surface area contributed by atoms with Crippen molar-refractivity contribution in [2.45, 2.75) is 43.9 Å². The Morgan fingerprint density at radius 3 is 2.37 bits per heavy atom. The van der Waals surface area contributed by atoms with Gasteiger partial charge in [-0.2, -0.15) is 4.31 Å². The van der Waals surface area contributed by atoms with Crippen LogP contribution in [-0.4, -0.2) is 25.8 Å². The van der Waals surface area contributed by atoms with Crippen LogP contribution in [-0.2, 0) is 10.0 Å². The number of halogens is 1. The lowest BCUT2D eigenvalue weighted by atomic mass is 10.0. The molecule has 2 rings (SSSR count). The molecule has 0 bridgehead atoms. The zero-order chi connectivity index (χ0) is 14.0. The second kappa shape index (κ2) is 5.59. The van der Waals surface area contributed by atoms with Gasteiger partial charge in [-0.25, -0.2) is 12.8 Å². The lowest BCUT2D eigenvalue weighted by molar-refractivity contribution is 0.346. The molecule has 1 aliphatic heterocycles. The summed E-state index contributed by atoms with van der Waals surface area (Å²) in [6.45, 7) is 4.85. The van der Waals surface area contributed by atoms with Crippen LogP contribution in [0.2, 0.25) is 0 Å². The SMILES string of the molecule is CC(C)c1cc(S(=O)(=O)N2CCCCC2)ccc1F. The fourth-order valence-corrected chi connectivity index (χ4v) is 3.93. The fourth-order valence-electron chi connectivity index (χ4n) is 2.38. The van der Waals surface area contributed by atoms with Crippen LogP contribution in [0.1, 0.15) is 44.6 Å². The molecule has 106 valence electrons. The Kier molecular flexibility index (Phi) is 4.26. The molecule has 19 heavy (non-hydrogen) atoms. The van der Waals surface area contributed by atoms with Gasteiger partial charge in [0.25, 0.3) is 0 Å². The highest BCUT2D eigenvalue weighted by Gasteiger charge is 2.26. The molecule has 0 radical (unpaired) electrons. The molecule has 0 amide bonds. The summed E-state index contributed by atoms with van der Waals surface area (Å²) in [5.74, 6) is -0.371. The molecule has 1 aromatic carbocycles. The molecule has 1 fully saturated rings. The van der Waals surface area contributed by atoms with Gasteiger partial charge in [0.05, 0.1) is 4.90 Å². The summed E-state index contributed by atoms with van der Waals surface area (Å²) >= 11 is 0. The molecule has 1 heterocycles. The van der Waals surface area contributed by atoms with Crippen LogP contribution in [0.5, 0.6) is 0 Å². The van der Waals surface area contributed by atoms with E-state index in [0.717, 1.165) is 19.3 Å². The van der Waals surface area contributed by atoms with Crippen molar-refractivity contribution in [3.8, 4) is 0 Å². The van der Waals surface area contributed by atoms with Gasteiger partial charge in [0.1, 0.15) is 5.82 Å². The van der Waals surface area contributed by atoms with Crippen molar-refractivity contribution in [2.75, 3.05) is 13.1 Å². The topological polar surface area (TPSA) is 37.4 Å². The molecule has 5 heteroatoms. The lowest BCUT2D eigenvalue weighted by Crippen LogP contribution is -2.35. The zero-order valence-corrected chi connectivity index (χ0v) is 12.2. The van der Waals surface area contributed by atoms with Crippen molar-refractivity contribution >= 4 is 10.0 Å². The summed E-state index contributed by atoms with van der Waals surface area (Å²) in [6, 6.07) is 4.10. The standard InChI is InChI=1S/C14H20FNO2S/c1-11(2)13-10-12(6-7-14(13)15)19(17,18)16-8-4-3-5-9-16/h6-7,10-11H,3-5,8-9H2,1-2H3. The van der Waals surface area contributed by atoms with Crippen LogP contribution < -0.4 is 0 Å². The Hall–Kier alpha value is -0.940. The minimum absolute atomic E-state index is 0.0310. The van der Waals surface area contributed by atoms with E-state index >= 15 is 0 Å². The first-order valence-corrected chi connectivity index (χ1v) is 8.16. The zero-order valence-electron chi connectivity index (χ0n) is 11.4. The first-order chi connectivity index (χ1) is 8.93. The second-order valence-electron chi connectivity index (χ2n) is 5.30. The van der Waals surface area contributed by atoms with Crippen LogP contribution in [0.15, 0.2) is 23.1 Å². The van der Waals surface area contributed by atoms with Crippen LogP contribution in [0.3, 0.4) is 0 Å². The van der Waals surface area contributed by atoms with Crippen molar-refractivity contribution in [1.82, 2.24) is 4.31 Å². The van der Waals surface area contributed by atoms with E-state index in [-0.39, 0.29) is 16.6 Å². The molecule has 0 aliphatic carbocycles. The maximum atomic E-state index is 13.6. The number of rotatable bonds is 3. The van der Waals surface area contributed by atoms with Crippen molar-refractivity contribution in [1.29, 1.82) is 0 Å². The van der Waals surface area contributed by atoms with Crippen molar-refractivity contribution < 1.29 is 12.8 Å². The number of hydrogen-bond donors (Lipinski definition) is 0. The Morgan fingerprint density at radius 1 is 1.16 bits per heavy atom. The lowest BCUT2D eigenvalue weighted by Gasteiger charge is -2.26. The third kappa shape index (κ3) is 2.98. The summed E-state index contributed by atoms with van der Waals surface area (Å²) < 4.78 is 40.1. The average molecular weight is 285 g/mol. The first kappa shape index (κ1) is 14.5. The number of benzene rings is 1. The monoisotopic (exact) mass is 285 g/mol. The Bertz CT molecular complexity index is 549. The van der Waals surface area contributed by atoms with E-state index in [9.17, 15) is 12.8 Å². The highest BCUT2D eigenvalue weighted by atomic mass is 32.2. The summed E-state index contributed by atoms with van der Waals surface area (Å²) in [4.78, 5) is 0.208. The first-order valence-electron chi connectivity index (χ1n) is 6.72. The van der Waals surface area contributed by atoms with Gasteiger partial charge in [-0.15, -0.1) is 0 Å². The highest BCUT2D eigenvalue weighted by Crippen LogP contribution is 2.25. The smallest absolute Gasteiger partial charge is 0.207 e. The molecule has 0 aromatic heterocycles. The van der Waals surface area contributed by atoms with Crippen LogP contribution in [0, 0.1) is 5.82 Å². The maximum absolute atomic E-state index is 13.6. The van der Waals surface area contributed by atoms with Gasteiger partial charge in [0.15, 0.2) is 0 Å². The van der Waals surface area contributed by atoms with Crippen LogP contribution in [0.25, 0.3) is 0 Å². The minimum Gasteiger partial charge on any atom is -0.207 e. The average Bonchev–Trinajstić information content (AvgIpc) is 2.39. The molecule has 1 aromatic rings. The van der Waals surface area contributed by atoms with E-state index in [1.807, 2.05) is 13.8 Å². The van der Waals surface area contributed by atoms with Crippen LogP contribution in [0.4, 0.5) is 4.39 Å². The third-order valence-corrected chi connectivity index (χ3v) is 5.44. The van der Waals surface area contributed by atoms with Gasteiger partial charge in [-0.3, -0.25) is 0 Å². The number of piperidine rings is 1. The minimum atomic E-state index is -3.47. The molecular formula is C14H20FNO2S. The summed E-state index contributed by atoms with van der Waals surface area (Å²) in [5, 5.41) is 0. The molecule has 0 atom stereocenters. The van der Waals surface area contributed by atoms with Gasteiger partial charge in [0, 0.05) is 13.1 Å². The van der Waals surface area contributed by atoms with E-state index in [0.29, 0.717) is 18.7 Å². The normalized spacial score (nSPS) is 17.9. The van der Waals surface area contributed by atoms with Crippen LogP contribution >= 0.6 is 0 Å². The number of nitrogens with zero attached hydrogens (tertiary/aromatic N) is 1. The molecule has 0 saturated carbocycles. The molecule has 0 N–H and O–H groups in total. The van der Waals surface area contributed by atoms with Crippen molar-refractivity contribution in [3.63, 3.8) is 0 Å². The third-order valence-electron chi connectivity index (χ3n) is 3.54. The molecular weight excluding hydrogens is 265 g/mol. The Labute approximate surface area is 114 Å². The largest absolute Gasteiger partial charge is 0.243 e. The number of sulfonamides is 1. The molecule has 0 spiro atoms. The summed E-state index contributed by atoms with van der Waals surface area (Å²) in [7, 11) is -3.47. The Balaban J connectivity index is 2.37. The van der Waals surface area contributed by atoms with Gasteiger partial charge in [-0.05, 0) is 42.5 Å². The van der Waals surface area contributed by atoms with E-state index in [1.54, 1.807) is 0 Å². The quantitative estimate of drug-likeness (QED) is 0.855. The second-order valence-corrected chi connectivity index (χ2v) is 7.24. The van der Waals surface area contributed by atoms with Gasteiger partial charge in [0.2, 0.25) is 10.0 Å². The Morgan fingerprint density at radius 2 is 1.79 bits per heavy atom. The summed E-state index contributed by atoms with van der Waals surface area (Å²) in [6.07, 6.45) is 2.88. The van der Waals surface area contributed by atoms with E-state index in [4.69, 9.17) is 0 Å². The van der Waals surface area contributed by atoms with Crippen molar-refractivity contribution in [3.05, 3.63) is 29.6 Å². The highest BCUT2D eigenvalue weighted by molar-refractivity contribution is 7.89. The maximum Gasteiger partial charge on any atom is 0.243 e. The van der Waals surface area contributed by atoms with E-state index in [1.165, 1.54) is 22.5 Å². The van der Waals surface area contributed by atoms with Gasteiger partial charge < -0.3 is 0 Å². The predicted molar refractivity (Wildman–Crippen MR) is 73.1 cm³/mol. The molecule has 0 unspecified atom stereocenters. The summed E-state index contributed by atoms with van der Waals surface area (Å²) in [5.41, 5.74) is 0.457. The van der Waals surface area contributed by atoms with Gasteiger partial charge >= 0.3 is 0 Å². The van der Waals surface area contributed by atoms with Gasteiger partial charge in [-0.1, -0.05) is 20.3 Å². The van der Waals surface area contributed by atoms with E-state index < -0.39 is 10.0 Å². The number of hydrogen-bond acceptors (Lipinski definition) is 2. The fraction of sp³-hybridized carbons (Fsp3) is 0.571. The molecule has 3 nitrogen and oxygen atoms in total. The molecule has 1 aliphatic rings. The predicted octanol–water partition coefficient (Wildman–Crippen LogP) is 3.12.